The molecule has 0 radical (unpaired) electrons. The van der Waals surface area contributed by atoms with Crippen LogP contribution in [0, 0.1) is 0 Å². The van der Waals surface area contributed by atoms with Gasteiger partial charge in [-0.15, -0.1) is 0 Å². The third-order valence-corrected chi connectivity index (χ3v) is 4.26. The second-order valence-electron chi connectivity index (χ2n) is 5.31. The molecule has 3 heterocycles. The van der Waals surface area contributed by atoms with Crippen LogP contribution in [0.2, 0.25) is 5.02 Å². The van der Waals surface area contributed by atoms with Crippen LogP contribution < -0.4 is 9.64 Å². The maximum atomic E-state index is 6.18. The number of nitrogens with zero attached hydrogens (tertiary/aromatic N) is 4. The molecule has 6 heteroatoms. The molecule has 0 N–H and O–H groups in total. The molecule has 0 spiro atoms. The highest BCUT2D eigenvalue weighted by Gasteiger charge is 2.18. The fourth-order valence-electron chi connectivity index (χ4n) is 2.63. The normalized spacial score (nSPS) is 15.8. The molecule has 0 aromatic carbocycles. The first-order chi connectivity index (χ1) is 10.8. The zero-order valence-corrected chi connectivity index (χ0v) is 13.3. The molecule has 1 aliphatic rings. The van der Waals surface area contributed by atoms with E-state index in [2.05, 4.69) is 19.8 Å². The van der Waals surface area contributed by atoms with Gasteiger partial charge in [0.1, 0.15) is 5.75 Å². The smallest absolute Gasteiger partial charge is 0.139 e. The summed E-state index contributed by atoms with van der Waals surface area (Å²) in [5.41, 5.74) is 2.24. The standard InChI is InChI=1S/C16H19ClN4O/c1-22-15-8-14(9-19-10-15)21-6-4-20(5-7-21)12-13-2-3-18-11-16(13)17/h2-3,8-11H,4-7,12H2,1H3. The predicted molar refractivity (Wildman–Crippen MR) is 87.5 cm³/mol. The number of ether oxygens (including phenoxy) is 1. The van der Waals surface area contributed by atoms with Crippen molar-refractivity contribution in [1.29, 1.82) is 0 Å². The van der Waals surface area contributed by atoms with Crippen molar-refractivity contribution in [3.8, 4) is 5.75 Å². The van der Waals surface area contributed by atoms with Crippen LogP contribution in [0.3, 0.4) is 0 Å². The molecule has 116 valence electrons. The van der Waals surface area contributed by atoms with Crippen LogP contribution >= 0.6 is 11.6 Å². The molecule has 0 amide bonds. The van der Waals surface area contributed by atoms with E-state index in [1.54, 1.807) is 25.7 Å². The highest BCUT2D eigenvalue weighted by molar-refractivity contribution is 6.31. The average molecular weight is 319 g/mol. The summed E-state index contributed by atoms with van der Waals surface area (Å²) < 4.78 is 5.24. The van der Waals surface area contributed by atoms with Crippen molar-refractivity contribution in [3.63, 3.8) is 0 Å². The van der Waals surface area contributed by atoms with Crippen LogP contribution in [0.25, 0.3) is 0 Å². The van der Waals surface area contributed by atoms with Gasteiger partial charge in [0, 0.05) is 51.2 Å². The summed E-state index contributed by atoms with van der Waals surface area (Å²) in [5, 5.41) is 0.738. The van der Waals surface area contributed by atoms with Gasteiger partial charge in [-0.05, 0) is 11.6 Å². The minimum atomic E-state index is 0.738. The molecule has 2 aromatic heterocycles. The molecule has 0 aliphatic carbocycles. The molecule has 5 nitrogen and oxygen atoms in total. The number of rotatable bonds is 4. The molecular formula is C16H19ClN4O. The second-order valence-corrected chi connectivity index (χ2v) is 5.72. The largest absolute Gasteiger partial charge is 0.495 e. The molecule has 0 unspecified atom stereocenters. The van der Waals surface area contributed by atoms with Crippen molar-refractivity contribution < 1.29 is 4.74 Å². The summed E-state index contributed by atoms with van der Waals surface area (Å²) in [4.78, 5) is 13.0. The minimum absolute atomic E-state index is 0.738. The Morgan fingerprint density at radius 2 is 1.95 bits per heavy atom. The second kappa shape index (κ2) is 6.94. The molecule has 3 rings (SSSR count). The Morgan fingerprint density at radius 3 is 2.68 bits per heavy atom. The van der Waals surface area contributed by atoms with Crippen molar-refractivity contribution in [2.75, 3.05) is 38.2 Å². The van der Waals surface area contributed by atoms with Gasteiger partial charge >= 0.3 is 0 Å². The molecule has 1 aliphatic heterocycles. The molecule has 2 aromatic rings. The SMILES string of the molecule is COc1cncc(N2CCN(Cc3ccncc3Cl)CC2)c1. The van der Waals surface area contributed by atoms with Gasteiger partial charge in [-0.2, -0.15) is 0 Å². The van der Waals surface area contributed by atoms with Crippen LogP contribution in [-0.2, 0) is 6.54 Å². The highest BCUT2D eigenvalue weighted by Crippen LogP contribution is 2.22. The molecule has 1 fully saturated rings. The topological polar surface area (TPSA) is 41.5 Å². The van der Waals surface area contributed by atoms with Gasteiger partial charge in [0.25, 0.3) is 0 Å². The summed E-state index contributed by atoms with van der Waals surface area (Å²) >= 11 is 6.18. The third kappa shape index (κ3) is 3.48. The summed E-state index contributed by atoms with van der Waals surface area (Å²) in [7, 11) is 1.66. The Kier molecular flexibility index (Phi) is 4.75. The van der Waals surface area contributed by atoms with E-state index in [1.165, 1.54) is 0 Å². The van der Waals surface area contributed by atoms with Gasteiger partial charge in [-0.1, -0.05) is 11.6 Å². The predicted octanol–water partition coefficient (Wildman–Crippen LogP) is 2.46. The lowest BCUT2D eigenvalue weighted by molar-refractivity contribution is 0.249. The van der Waals surface area contributed by atoms with E-state index >= 15 is 0 Å². The van der Waals surface area contributed by atoms with E-state index in [0.29, 0.717) is 0 Å². The number of methoxy groups -OCH3 is 1. The molecule has 0 atom stereocenters. The van der Waals surface area contributed by atoms with Gasteiger partial charge in [-0.25, -0.2) is 0 Å². The Bertz CT molecular complexity index is 629. The Balaban J connectivity index is 1.59. The molecular weight excluding hydrogens is 300 g/mol. The van der Waals surface area contributed by atoms with Gasteiger partial charge < -0.3 is 9.64 Å². The summed E-state index contributed by atoms with van der Waals surface area (Å²) in [6, 6.07) is 4.02. The molecule has 0 saturated carbocycles. The van der Waals surface area contributed by atoms with Crippen LogP contribution in [0.15, 0.2) is 36.9 Å². The fraction of sp³-hybridized carbons (Fsp3) is 0.375. The lowest BCUT2D eigenvalue weighted by Gasteiger charge is -2.36. The van der Waals surface area contributed by atoms with Crippen LogP contribution in [0.5, 0.6) is 5.75 Å². The number of piperazine rings is 1. The van der Waals surface area contributed by atoms with E-state index < -0.39 is 0 Å². The first-order valence-electron chi connectivity index (χ1n) is 7.31. The lowest BCUT2D eigenvalue weighted by atomic mass is 10.2. The van der Waals surface area contributed by atoms with E-state index in [1.807, 2.05) is 18.3 Å². The maximum absolute atomic E-state index is 6.18. The van der Waals surface area contributed by atoms with E-state index in [9.17, 15) is 0 Å². The van der Waals surface area contributed by atoms with Crippen LogP contribution in [0.4, 0.5) is 5.69 Å². The Labute approximate surface area is 135 Å². The number of pyridine rings is 2. The van der Waals surface area contributed by atoms with Crippen molar-refractivity contribution in [3.05, 3.63) is 47.5 Å². The summed E-state index contributed by atoms with van der Waals surface area (Å²) in [6.07, 6.45) is 7.11. The van der Waals surface area contributed by atoms with Crippen molar-refractivity contribution >= 4 is 17.3 Å². The summed E-state index contributed by atoms with van der Waals surface area (Å²) in [6.45, 7) is 4.80. The van der Waals surface area contributed by atoms with Gasteiger partial charge in [0.15, 0.2) is 0 Å². The molecule has 1 saturated heterocycles. The number of aromatic nitrogens is 2. The monoisotopic (exact) mass is 318 g/mol. The van der Waals surface area contributed by atoms with E-state index in [0.717, 1.165) is 54.7 Å². The van der Waals surface area contributed by atoms with Crippen molar-refractivity contribution in [2.45, 2.75) is 6.54 Å². The fourth-order valence-corrected chi connectivity index (χ4v) is 2.81. The first kappa shape index (κ1) is 15.1. The third-order valence-electron chi connectivity index (χ3n) is 3.92. The number of hydrogen-bond acceptors (Lipinski definition) is 5. The van der Waals surface area contributed by atoms with Gasteiger partial charge in [-0.3, -0.25) is 14.9 Å². The number of hydrogen-bond donors (Lipinski definition) is 0. The zero-order valence-electron chi connectivity index (χ0n) is 12.6. The first-order valence-corrected chi connectivity index (χ1v) is 7.69. The lowest BCUT2D eigenvalue weighted by Crippen LogP contribution is -2.46. The number of halogens is 1. The van der Waals surface area contributed by atoms with Crippen molar-refractivity contribution in [2.24, 2.45) is 0 Å². The highest BCUT2D eigenvalue weighted by atomic mass is 35.5. The average Bonchev–Trinajstić information content (AvgIpc) is 2.58. The number of anilines is 1. The van der Waals surface area contributed by atoms with Gasteiger partial charge in [0.2, 0.25) is 0 Å². The van der Waals surface area contributed by atoms with Crippen LogP contribution in [0.1, 0.15) is 5.56 Å². The molecule has 22 heavy (non-hydrogen) atoms. The zero-order chi connectivity index (χ0) is 15.4. The summed E-state index contributed by atoms with van der Waals surface area (Å²) in [5.74, 6) is 0.795. The van der Waals surface area contributed by atoms with E-state index in [4.69, 9.17) is 16.3 Å². The maximum Gasteiger partial charge on any atom is 0.139 e. The van der Waals surface area contributed by atoms with Crippen LogP contribution in [-0.4, -0.2) is 48.2 Å². The van der Waals surface area contributed by atoms with Gasteiger partial charge in [0.05, 0.1) is 30.2 Å². The minimum Gasteiger partial charge on any atom is -0.495 e. The Hall–Kier alpha value is -1.85. The van der Waals surface area contributed by atoms with E-state index in [-0.39, 0.29) is 0 Å². The quantitative estimate of drug-likeness (QED) is 0.866. The van der Waals surface area contributed by atoms with Crippen molar-refractivity contribution in [1.82, 2.24) is 14.9 Å². The Morgan fingerprint density at radius 1 is 1.14 bits per heavy atom. The molecule has 0 bridgehead atoms.